The Bertz CT molecular complexity index is 146. The number of rotatable bonds is 6. The van der Waals surface area contributed by atoms with Crippen molar-refractivity contribution in [3.63, 3.8) is 0 Å². The minimum Gasteiger partial charge on any atom is -0.465 e. The quantitative estimate of drug-likeness (QED) is 0.535. The highest BCUT2D eigenvalue weighted by Crippen LogP contribution is 2.16. The van der Waals surface area contributed by atoms with E-state index in [2.05, 4.69) is 29.8 Å². The molecular weight excluding hydrogens is 232 g/mol. The van der Waals surface area contributed by atoms with Gasteiger partial charge >= 0.3 is 5.97 Å². The molecule has 0 aliphatic carbocycles. The van der Waals surface area contributed by atoms with E-state index in [1.807, 2.05) is 6.92 Å². The fourth-order valence-corrected chi connectivity index (χ4v) is 1.42. The smallest absolute Gasteiger partial charge is 0.308 e. The lowest BCUT2D eigenvalue weighted by Crippen LogP contribution is -2.19. The number of carbonyl (C=O) groups excluding carboxylic acids is 1. The van der Waals surface area contributed by atoms with Gasteiger partial charge in [0.05, 0.1) is 5.92 Å². The molecule has 0 unspecified atom stereocenters. The van der Waals surface area contributed by atoms with Crippen LogP contribution in [0.15, 0.2) is 0 Å². The molecule has 0 aromatic carbocycles. The van der Waals surface area contributed by atoms with Crippen LogP contribution in [0.25, 0.3) is 0 Å². The van der Waals surface area contributed by atoms with Crippen molar-refractivity contribution in [3.05, 3.63) is 0 Å². The first-order valence-electron chi connectivity index (χ1n) is 4.84. The van der Waals surface area contributed by atoms with Crippen LogP contribution in [0.1, 0.15) is 33.6 Å². The predicted molar refractivity (Wildman–Crippen MR) is 58.0 cm³/mol. The molecule has 0 saturated heterocycles. The van der Waals surface area contributed by atoms with Crippen molar-refractivity contribution in [3.8, 4) is 0 Å². The Morgan fingerprint density at radius 3 is 2.46 bits per heavy atom. The lowest BCUT2D eigenvalue weighted by Gasteiger charge is -2.15. The second-order valence-corrected chi connectivity index (χ2v) is 4.38. The van der Waals surface area contributed by atoms with Crippen molar-refractivity contribution in [1.82, 2.24) is 0 Å². The maximum atomic E-state index is 11.4. The lowest BCUT2D eigenvalue weighted by molar-refractivity contribution is -0.148. The minimum absolute atomic E-state index is 0.0457. The molecule has 0 spiro atoms. The molecule has 0 aromatic rings. The first-order valence-corrected chi connectivity index (χ1v) is 5.96. The number of esters is 1. The molecule has 78 valence electrons. The number of hydrogen-bond acceptors (Lipinski definition) is 2. The van der Waals surface area contributed by atoms with Gasteiger partial charge in [0.25, 0.3) is 0 Å². The van der Waals surface area contributed by atoms with Crippen molar-refractivity contribution in [2.24, 2.45) is 11.8 Å². The summed E-state index contributed by atoms with van der Waals surface area (Å²) in [7, 11) is 0. The number of hydrogen-bond donors (Lipinski definition) is 0. The SMILES string of the molecule is CC[C@H](CC(C)C)C(=O)OCCBr. The molecule has 0 amide bonds. The topological polar surface area (TPSA) is 26.3 Å². The lowest BCUT2D eigenvalue weighted by atomic mass is 9.95. The maximum Gasteiger partial charge on any atom is 0.308 e. The zero-order valence-corrected chi connectivity index (χ0v) is 10.3. The molecule has 0 aromatic heterocycles. The van der Waals surface area contributed by atoms with E-state index in [4.69, 9.17) is 4.74 Å². The fourth-order valence-electron chi connectivity index (χ4n) is 1.26. The normalized spacial score (nSPS) is 13.0. The predicted octanol–water partition coefficient (Wildman–Crippen LogP) is 3.00. The van der Waals surface area contributed by atoms with E-state index in [0.717, 1.165) is 18.2 Å². The monoisotopic (exact) mass is 250 g/mol. The summed E-state index contributed by atoms with van der Waals surface area (Å²) >= 11 is 3.22. The zero-order valence-electron chi connectivity index (χ0n) is 8.68. The summed E-state index contributed by atoms with van der Waals surface area (Å²) in [5.41, 5.74) is 0. The zero-order chi connectivity index (χ0) is 10.3. The highest BCUT2D eigenvalue weighted by atomic mass is 79.9. The molecule has 0 heterocycles. The third kappa shape index (κ3) is 6.08. The minimum atomic E-state index is -0.0457. The Labute approximate surface area is 89.2 Å². The third-order valence-corrected chi connectivity index (χ3v) is 2.23. The molecule has 1 atom stereocenters. The van der Waals surface area contributed by atoms with Crippen LogP contribution in [0.5, 0.6) is 0 Å². The van der Waals surface area contributed by atoms with Crippen LogP contribution in [0.2, 0.25) is 0 Å². The summed E-state index contributed by atoms with van der Waals surface area (Å²) < 4.78 is 5.06. The maximum absolute atomic E-state index is 11.4. The molecule has 0 saturated carbocycles. The molecule has 0 bridgehead atoms. The Hall–Kier alpha value is -0.0500. The third-order valence-electron chi connectivity index (χ3n) is 1.90. The van der Waals surface area contributed by atoms with Gasteiger partial charge < -0.3 is 4.74 Å². The second-order valence-electron chi connectivity index (χ2n) is 3.59. The Morgan fingerprint density at radius 1 is 1.46 bits per heavy atom. The summed E-state index contributed by atoms with van der Waals surface area (Å²) in [5, 5.41) is 0.719. The van der Waals surface area contributed by atoms with Crippen molar-refractivity contribution in [1.29, 1.82) is 0 Å². The number of alkyl halides is 1. The first kappa shape index (κ1) is 12.9. The van der Waals surface area contributed by atoms with E-state index in [1.165, 1.54) is 0 Å². The van der Waals surface area contributed by atoms with Crippen molar-refractivity contribution in [2.45, 2.75) is 33.6 Å². The molecule has 0 radical (unpaired) electrons. The van der Waals surface area contributed by atoms with Crippen LogP contribution in [0, 0.1) is 11.8 Å². The molecule has 0 rings (SSSR count). The summed E-state index contributed by atoms with van der Waals surface area (Å²) in [5.74, 6) is 0.594. The van der Waals surface area contributed by atoms with Crippen LogP contribution in [-0.4, -0.2) is 17.9 Å². The molecule has 0 fully saturated rings. The van der Waals surface area contributed by atoms with Crippen LogP contribution in [-0.2, 0) is 9.53 Å². The van der Waals surface area contributed by atoms with E-state index >= 15 is 0 Å². The summed E-state index contributed by atoms with van der Waals surface area (Å²) in [6.07, 6.45) is 1.80. The van der Waals surface area contributed by atoms with E-state index in [1.54, 1.807) is 0 Å². The summed E-state index contributed by atoms with van der Waals surface area (Å²) in [6.45, 7) is 6.76. The Balaban J connectivity index is 3.85. The van der Waals surface area contributed by atoms with Crippen LogP contribution >= 0.6 is 15.9 Å². The fraction of sp³-hybridized carbons (Fsp3) is 0.900. The van der Waals surface area contributed by atoms with Gasteiger partial charge in [0.2, 0.25) is 0 Å². The second kappa shape index (κ2) is 7.36. The molecular formula is C10H19BrO2. The molecule has 0 N–H and O–H groups in total. The van der Waals surface area contributed by atoms with Gasteiger partial charge in [-0.2, -0.15) is 0 Å². The summed E-state index contributed by atoms with van der Waals surface area (Å²) in [6, 6.07) is 0. The molecule has 3 heteroatoms. The van der Waals surface area contributed by atoms with Gasteiger partial charge in [0.1, 0.15) is 6.61 Å². The van der Waals surface area contributed by atoms with Crippen LogP contribution in [0.3, 0.4) is 0 Å². The van der Waals surface area contributed by atoms with Gasteiger partial charge in [-0.15, -0.1) is 0 Å². The largest absolute Gasteiger partial charge is 0.465 e. The van der Waals surface area contributed by atoms with E-state index in [0.29, 0.717) is 12.5 Å². The Morgan fingerprint density at radius 2 is 2.08 bits per heavy atom. The van der Waals surface area contributed by atoms with E-state index in [-0.39, 0.29) is 11.9 Å². The van der Waals surface area contributed by atoms with Gasteiger partial charge in [-0.1, -0.05) is 36.7 Å². The summed E-state index contributed by atoms with van der Waals surface area (Å²) in [4.78, 5) is 11.4. The molecule has 13 heavy (non-hydrogen) atoms. The number of halogens is 1. The van der Waals surface area contributed by atoms with Crippen LogP contribution < -0.4 is 0 Å². The van der Waals surface area contributed by atoms with Gasteiger partial charge in [-0.05, 0) is 18.8 Å². The van der Waals surface area contributed by atoms with E-state index in [9.17, 15) is 4.79 Å². The average Bonchev–Trinajstić information content (AvgIpc) is 2.09. The van der Waals surface area contributed by atoms with Crippen LogP contribution in [0.4, 0.5) is 0 Å². The average molecular weight is 251 g/mol. The number of carbonyl (C=O) groups is 1. The molecule has 2 nitrogen and oxygen atoms in total. The van der Waals surface area contributed by atoms with Gasteiger partial charge in [-0.25, -0.2) is 0 Å². The van der Waals surface area contributed by atoms with Gasteiger partial charge in [0, 0.05) is 5.33 Å². The Kier molecular flexibility index (Phi) is 7.33. The van der Waals surface area contributed by atoms with Crippen molar-refractivity contribution >= 4 is 21.9 Å². The highest BCUT2D eigenvalue weighted by molar-refractivity contribution is 9.09. The number of ether oxygens (including phenoxy) is 1. The van der Waals surface area contributed by atoms with E-state index < -0.39 is 0 Å². The standard InChI is InChI=1S/C10H19BrO2/c1-4-9(7-8(2)3)10(12)13-6-5-11/h8-9H,4-7H2,1-3H3/t9-/m1/s1. The highest BCUT2D eigenvalue weighted by Gasteiger charge is 2.18. The van der Waals surface area contributed by atoms with Gasteiger partial charge in [-0.3, -0.25) is 4.79 Å². The van der Waals surface area contributed by atoms with Crippen molar-refractivity contribution in [2.75, 3.05) is 11.9 Å². The first-order chi connectivity index (χ1) is 6.11. The van der Waals surface area contributed by atoms with Crippen molar-refractivity contribution < 1.29 is 9.53 Å². The van der Waals surface area contributed by atoms with Gasteiger partial charge in [0.15, 0.2) is 0 Å². The molecule has 0 aliphatic heterocycles. The molecule has 0 aliphatic rings.